The predicted molar refractivity (Wildman–Crippen MR) is 113 cm³/mol. The Kier molecular flexibility index (Phi) is 5.79. The number of pyridine rings is 1. The topological polar surface area (TPSA) is 97.6 Å². The fraction of sp³-hybridized carbons (Fsp3) is 0.217. The summed E-state index contributed by atoms with van der Waals surface area (Å²) in [5.74, 6) is -0.963. The molecule has 4 rings (SSSR count). The summed E-state index contributed by atoms with van der Waals surface area (Å²) in [4.78, 5) is 35.7. The van der Waals surface area contributed by atoms with E-state index >= 15 is 0 Å². The lowest BCUT2D eigenvalue weighted by Gasteiger charge is -2.24. The molecule has 0 saturated carbocycles. The van der Waals surface area contributed by atoms with Gasteiger partial charge in [0.15, 0.2) is 0 Å². The van der Waals surface area contributed by atoms with Gasteiger partial charge in [0.2, 0.25) is 0 Å². The second-order valence-electron chi connectivity index (χ2n) is 7.13. The number of aliphatic hydroxyl groups is 1. The minimum absolute atomic E-state index is 0.0384. The Bertz CT molecular complexity index is 1090. The largest absolute Gasteiger partial charge is 0.507 e. The van der Waals surface area contributed by atoms with Crippen molar-refractivity contribution >= 4 is 17.4 Å². The Morgan fingerprint density at radius 3 is 2.55 bits per heavy atom. The van der Waals surface area contributed by atoms with Crippen molar-refractivity contribution in [3.8, 4) is 5.75 Å². The van der Waals surface area contributed by atoms with Crippen molar-refractivity contribution in [2.45, 2.75) is 19.0 Å². The molecule has 1 saturated heterocycles. The van der Waals surface area contributed by atoms with Crippen molar-refractivity contribution in [2.75, 3.05) is 13.7 Å². The van der Waals surface area contributed by atoms with Crippen molar-refractivity contribution in [3.63, 3.8) is 0 Å². The standard InChI is InChI=1S/C23H22N4O4/c1-31-17-8-6-16(7-9-17)21(28)19-20(18-5-2-3-10-25-18)27(23(30)22(19)29)13-4-12-26-14-11-24-15-26/h2-3,5-11,14-15,20,28H,4,12-13H2,1H3. The molecule has 1 fully saturated rings. The Morgan fingerprint density at radius 2 is 1.90 bits per heavy atom. The number of carbonyl (C=O) groups is 2. The van der Waals surface area contributed by atoms with Crippen molar-refractivity contribution in [3.05, 3.63) is 84.2 Å². The zero-order chi connectivity index (χ0) is 21.8. The smallest absolute Gasteiger partial charge is 0.295 e. The molecule has 2 aromatic heterocycles. The number of aromatic nitrogens is 3. The second-order valence-corrected chi connectivity index (χ2v) is 7.13. The number of benzene rings is 1. The van der Waals surface area contributed by atoms with Gasteiger partial charge in [-0.25, -0.2) is 4.98 Å². The molecule has 1 atom stereocenters. The average molecular weight is 418 g/mol. The molecule has 1 aliphatic heterocycles. The summed E-state index contributed by atoms with van der Waals surface area (Å²) in [6.07, 6.45) is 7.46. The summed E-state index contributed by atoms with van der Waals surface area (Å²) >= 11 is 0. The van der Waals surface area contributed by atoms with Crippen molar-refractivity contribution in [1.82, 2.24) is 19.4 Å². The van der Waals surface area contributed by atoms with Crippen LogP contribution in [0.2, 0.25) is 0 Å². The predicted octanol–water partition coefficient (Wildman–Crippen LogP) is 2.80. The van der Waals surface area contributed by atoms with E-state index in [9.17, 15) is 14.7 Å². The highest BCUT2D eigenvalue weighted by atomic mass is 16.5. The molecule has 1 unspecified atom stereocenters. The minimum Gasteiger partial charge on any atom is -0.507 e. The molecule has 158 valence electrons. The van der Waals surface area contributed by atoms with E-state index in [4.69, 9.17) is 4.74 Å². The SMILES string of the molecule is COc1ccc(C(O)=C2C(=O)C(=O)N(CCCn3ccnc3)C2c2ccccn2)cc1. The van der Waals surface area contributed by atoms with Crippen LogP contribution < -0.4 is 4.74 Å². The maximum absolute atomic E-state index is 13.0. The summed E-state index contributed by atoms with van der Waals surface area (Å²) in [5.41, 5.74) is 0.994. The van der Waals surface area contributed by atoms with Gasteiger partial charge in [-0.3, -0.25) is 14.6 Å². The van der Waals surface area contributed by atoms with Gasteiger partial charge in [0.1, 0.15) is 17.6 Å². The van der Waals surface area contributed by atoms with Gasteiger partial charge in [-0.05, 0) is 42.8 Å². The second kappa shape index (κ2) is 8.83. The number of methoxy groups -OCH3 is 1. The third-order valence-corrected chi connectivity index (χ3v) is 5.25. The van der Waals surface area contributed by atoms with E-state index in [2.05, 4.69) is 9.97 Å². The van der Waals surface area contributed by atoms with Crippen LogP contribution in [0.5, 0.6) is 5.75 Å². The van der Waals surface area contributed by atoms with E-state index in [0.717, 1.165) is 0 Å². The molecule has 3 heterocycles. The number of hydrogen-bond donors (Lipinski definition) is 1. The first-order chi connectivity index (χ1) is 15.1. The third kappa shape index (κ3) is 4.05. The molecular formula is C23H22N4O4. The Balaban J connectivity index is 1.70. The first-order valence-electron chi connectivity index (χ1n) is 9.89. The number of rotatable bonds is 7. The number of likely N-dealkylation sites (tertiary alicyclic amines) is 1. The van der Waals surface area contributed by atoms with Crippen LogP contribution in [0.15, 0.2) is 73.0 Å². The summed E-state index contributed by atoms with van der Waals surface area (Å²) in [5, 5.41) is 11.0. The van der Waals surface area contributed by atoms with Crippen LogP contribution in [0.25, 0.3) is 5.76 Å². The molecule has 1 aromatic carbocycles. The number of imidazole rings is 1. The number of aliphatic hydroxyl groups excluding tert-OH is 1. The van der Waals surface area contributed by atoms with Gasteiger partial charge in [0, 0.05) is 37.2 Å². The van der Waals surface area contributed by atoms with Crippen LogP contribution >= 0.6 is 0 Å². The maximum Gasteiger partial charge on any atom is 0.295 e. The summed E-state index contributed by atoms with van der Waals surface area (Å²) in [6, 6.07) is 11.2. The summed E-state index contributed by atoms with van der Waals surface area (Å²) < 4.78 is 7.06. The highest BCUT2D eigenvalue weighted by molar-refractivity contribution is 6.46. The van der Waals surface area contributed by atoms with Gasteiger partial charge in [0.05, 0.1) is 24.7 Å². The van der Waals surface area contributed by atoms with Gasteiger partial charge >= 0.3 is 0 Å². The first-order valence-corrected chi connectivity index (χ1v) is 9.89. The molecule has 0 aliphatic carbocycles. The average Bonchev–Trinajstić information content (AvgIpc) is 3.41. The molecule has 3 aromatic rings. The van der Waals surface area contributed by atoms with E-state index in [1.54, 1.807) is 68.3 Å². The molecule has 1 N–H and O–H groups in total. The molecule has 0 spiro atoms. The van der Waals surface area contributed by atoms with Crippen molar-refractivity contribution in [1.29, 1.82) is 0 Å². The van der Waals surface area contributed by atoms with Crippen LogP contribution in [-0.2, 0) is 16.1 Å². The normalized spacial score (nSPS) is 17.8. The van der Waals surface area contributed by atoms with Crippen LogP contribution in [-0.4, -0.2) is 49.9 Å². The van der Waals surface area contributed by atoms with Crippen LogP contribution in [0.4, 0.5) is 0 Å². The van der Waals surface area contributed by atoms with Gasteiger partial charge in [-0.2, -0.15) is 0 Å². The quantitative estimate of drug-likeness (QED) is 0.360. The fourth-order valence-corrected chi connectivity index (χ4v) is 3.70. The van der Waals surface area contributed by atoms with E-state index in [1.807, 2.05) is 10.8 Å². The Morgan fingerprint density at radius 1 is 1.10 bits per heavy atom. The highest BCUT2D eigenvalue weighted by Crippen LogP contribution is 2.38. The number of ketones is 1. The van der Waals surface area contributed by atoms with Gasteiger partial charge in [-0.15, -0.1) is 0 Å². The zero-order valence-corrected chi connectivity index (χ0v) is 17.0. The van der Waals surface area contributed by atoms with Crippen LogP contribution in [0.1, 0.15) is 23.7 Å². The fourth-order valence-electron chi connectivity index (χ4n) is 3.70. The monoisotopic (exact) mass is 418 g/mol. The van der Waals surface area contributed by atoms with Gasteiger partial charge < -0.3 is 19.3 Å². The van der Waals surface area contributed by atoms with E-state index < -0.39 is 17.7 Å². The lowest BCUT2D eigenvalue weighted by atomic mass is 9.98. The molecule has 1 amide bonds. The molecule has 8 heteroatoms. The number of aryl methyl sites for hydroxylation is 1. The van der Waals surface area contributed by atoms with Gasteiger partial charge in [0.25, 0.3) is 11.7 Å². The number of amides is 1. The molecule has 8 nitrogen and oxygen atoms in total. The number of hydrogen-bond acceptors (Lipinski definition) is 6. The summed E-state index contributed by atoms with van der Waals surface area (Å²) in [7, 11) is 1.55. The Labute approximate surface area is 179 Å². The number of nitrogens with zero attached hydrogens (tertiary/aromatic N) is 4. The molecule has 31 heavy (non-hydrogen) atoms. The molecule has 1 aliphatic rings. The minimum atomic E-state index is -0.758. The number of ether oxygens (including phenoxy) is 1. The van der Waals surface area contributed by atoms with E-state index in [-0.39, 0.29) is 11.3 Å². The lowest BCUT2D eigenvalue weighted by molar-refractivity contribution is -0.140. The van der Waals surface area contributed by atoms with E-state index in [0.29, 0.717) is 36.5 Å². The van der Waals surface area contributed by atoms with Crippen molar-refractivity contribution in [2.24, 2.45) is 0 Å². The van der Waals surface area contributed by atoms with Crippen LogP contribution in [0, 0.1) is 0 Å². The van der Waals surface area contributed by atoms with Crippen LogP contribution in [0.3, 0.4) is 0 Å². The zero-order valence-electron chi connectivity index (χ0n) is 17.0. The summed E-state index contributed by atoms with van der Waals surface area (Å²) in [6.45, 7) is 0.986. The first kappa shape index (κ1) is 20.3. The maximum atomic E-state index is 13.0. The van der Waals surface area contributed by atoms with Gasteiger partial charge in [-0.1, -0.05) is 6.07 Å². The highest BCUT2D eigenvalue weighted by Gasteiger charge is 2.46. The molecular weight excluding hydrogens is 396 g/mol. The van der Waals surface area contributed by atoms with E-state index in [1.165, 1.54) is 4.90 Å². The molecule has 0 radical (unpaired) electrons. The number of Topliss-reactive ketones (excluding diaryl/α,β-unsaturated/α-hetero) is 1. The lowest BCUT2D eigenvalue weighted by Crippen LogP contribution is -2.31. The third-order valence-electron chi connectivity index (χ3n) is 5.25. The Hall–Kier alpha value is -3.94. The molecule has 0 bridgehead atoms. The van der Waals surface area contributed by atoms with Crippen molar-refractivity contribution < 1.29 is 19.4 Å². The number of carbonyl (C=O) groups excluding carboxylic acids is 2.